The first-order chi connectivity index (χ1) is 20.6. The number of nitro groups is 2. The molecule has 0 radical (unpaired) electrons. The van der Waals surface area contributed by atoms with Gasteiger partial charge in [0, 0.05) is 71.9 Å². The number of amides is 1. The lowest BCUT2D eigenvalue weighted by Crippen LogP contribution is -2.30. The van der Waals surface area contributed by atoms with E-state index in [9.17, 15) is 29.8 Å². The van der Waals surface area contributed by atoms with Crippen LogP contribution in [0.4, 0.5) is 21.0 Å². The van der Waals surface area contributed by atoms with Gasteiger partial charge in [0.15, 0.2) is 0 Å². The zero-order chi connectivity index (χ0) is 32.3. The second-order valence-corrected chi connectivity index (χ2v) is 7.39. The van der Waals surface area contributed by atoms with Crippen LogP contribution in [0.15, 0.2) is 58.8 Å². The summed E-state index contributed by atoms with van der Waals surface area (Å²) in [6, 6.07) is 10.1. The summed E-state index contributed by atoms with van der Waals surface area (Å²) in [4.78, 5) is 46.3. The summed E-state index contributed by atoms with van der Waals surface area (Å²) in [5.41, 5.74) is 19.8. The molecule has 0 aliphatic carbocycles. The van der Waals surface area contributed by atoms with Crippen LogP contribution >= 0.6 is 11.6 Å². The van der Waals surface area contributed by atoms with Crippen LogP contribution in [0.1, 0.15) is 0 Å². The smallest absolute Gasteiger partial charge is 0.412 e. The van der Waals surface area contributed by atoms with Gasteiger partial charge >= 0.3 is 11.5 Å². The van der Waals surface area contributed by atoms with Crippen molar-refractivity contribution in [1.29, 1.82) is 0 Å². The lowest BCUT2D eigenvalue weighted by Gasteiger charge is -2.06. The molecule has 2 rings (SSSR count). The van der Waals surface area contributed by atoms with Gasteiger partial charge in [0.1, 0.15) is 11.5 Å². The topological polar surface area (TPSA) is 293 Å². The second-order valence-electron chi connectivity index (χ2n) is 7.08. The Hall–Kier alpha value is -5.23. The molecule has 21 heteroatoms. The summed E-state index contributed by atoms with van der Waals surface area (Å²) in [5, 5.41) is 29.6. The molecule has 0 unspecified atom stereocenters. The molecular weight excluding hydrogens is 600 g/mol. The minimum Gasteiger partial charge on any atom is -0.414 e. The highest BCUT2D eigenvalue weighted by molar-refractivity contribution is 6.61. The minimum absolute atomic E-state index is 0.0747. The molecule has 0 bridgehead atoms. The average Bonchev–Trinajstić information content (AvgIpc) is 2.97. The van der Waals surface area contributed by atoms with Crippen molar-refractivity contribution in [3.05, 3.63) is 89.6 Å². The van der Waals surface area contributed by atoms with Crippen LogP contribution in [0.25, 0.3) is 20.9 Å². The number of rotatable bonds is 15. The molecule has 0 spiro atoms. The van der Waals surface area contributed by atoms with Gasteiger partial charge in [-0.05, 0) is 35.3 Å². The Balaban J connectivity index is 0.000000682. The van der Waals surface area contributed by atoms with Crippen molar-refractivity contribution in [1.82, 2.24) is 5.32 Å². The van der Waals surface area contributed by atoms with Crippen molar-refractivity contribution >= 4 is 34.5 Å². The van der Waals surface area contributed by atoms with Crippen molar-refractivity contribution in [2.45, 2.75) is 0 Å². The third kappa shape index (κ3) is 21.2. The first kappa shape index (κ1) is 37.8. The van der Waals surface area contributed by atoms with Gasteiger partial charge < -0.3 is 30.0 Å². The van der Waals surface area contributed by atoms with E-state index < -0.39 is 21.4 Å². The summed E-state index contributed by atoms with van der Waals surface area (Å²) >= 11 is 4.92. The largest absolute Gasteiger partial charge is 0.414 e. The minimum atomic E-state index is -0.978. The third-order valence-electron chi connectivity index (χ3n) is 4.08. The fourth-order valence-corrected chi connectivity index (χ4v) is 2.41. The molecule has 0 saturated heterocycles. The Kier molecular flexibility index (Phi) is 21.6. The van der Waals surface area contributed by atoms with E-state index in [0.29, 0.717) is 26.3 Å². The summed E-state index contributed by atoms with van der Waals surface area (Å²) in [5.74, 6) is 0.368. The lowest BCUT2D eigenvalue weighted by molar-refractivity contribution is -0.385. The average molecular weight is 627 g/mol. The van der Waals surface area contributed by atoms with Crippen LogP contribution in [0, 0.1) is 20.2 Å². The molecule has 20 nitrogen and oxygen atoms in total. The van der Waals surface area contributed by atoms with Crippen molar-refractivity contribution in [2.24, 2.45) is 16.0 Å². The maximum atomic E-state index is 11.4. The van der Waals surface area contributed by atoms with Crippen molar-refractivity contribution in [2.75, 3.05) is 52.6 Å². The number of nitrogens with zero attached hydrogens (tertiary/aromatic N) is 8. The van der Waals surface area contributed by atoms with Gasteiger partial charge in [0.05, 0.1) is 36.3 Å². The van der Waals surface area contributed by atoms with Crippen LogP contribution in [0.3, 0.4) is 0 Å². The van der Waals surface area contributed by atoms with E-state index in [1.807, 2.05) is 0 Å². The van der Waals surface area contributed by atoms with Crippen LogP contribution in [0.2, 0.25) is 0 Å². The summed E-state index contributed by atoms with van der Waals surface area (Å²) in [6.45, 7) is 2.85. The SMILES string of the molecule is O=C(Cl)Oc1ccc([N+](=O)[O-])cc1.[N-]=[N+]=NCCOCCN.[N-]=[N+]=NCCOCCNC(=O)Oc1ccc([N+](=O)[O-])cc1. The maximum absolute atomic E-state index is 11.4. The molecule has 2 aromatic carbocycles. The molecule has 43 heavy (non-hydrogen) atoms. The van der Waals surface area contributed by atoms with Gasteiger partial charge in [-0.25, -0.2) is 9.59 Å². The highest BCUT2D eigenvalue weighted by atomic mass is 35.5. The van der Waals surface area contributed by atoms with Crippen LogP contribution in [0.5, 0.6) is 11.5 Å². The summed E-state index contributed by atoms with van der Waals surface area (Å²) in [7, 11) is 0. The number of hydrogen-bond acceptors (Lipinski definition) is 13. The fourth-order valence-electron chi connectivity index (χ4n) is 2.32. The normalized spacial score (nSPS) is 9.26. The Morgan fingerprint density at radius 2 is 1.26 bits per heavy atom. The molecule has 232 valence electrons. The van der Waals surface area contributed by atoms with Crippen molar-refractivity contribution in [3.8, 4) is 11.5 Å². The van der Waals surface area contributed by atoms with Gasteiger partial charge in [-0.15, -0.1) is 0 Å². The van der Waals surface area contributed by atoms with Gasteiger partial charge in [-0.2, -0.15) is 0 Å². The number of hydrogen-bond donors (Lipinski definition) is 2. The second kappa shape index (κ2) is 24.6. The number of nitro benzene ring substituents is 2. The Bertz CT molecular complexity index is 1240. The van der Waals surface area contributed by atoms with Crippen LogP contribution in [-0.4, -0.2) is 74.0 Å². The first-order valence-electron chi connectivity index (χ1n) is 11.8. The molecule has 0 atom stereocenters. The zero-order valence-electron chi connectivity index (χ0n) is 22.4. The van der Waals surface area contributed by atoms with E-state index in [-0.39, 0.29) is 49.2 Å². The molecule has 1 amide bonds. The van der Waals surface area contributed by atoms with E-state index in [0.717, 1.165) is 0 Å². The highest BCUT2D eigenvalue weighted by Gasteiger charge is 2.08. The van der Waals surface area contributed by atoms with E-state index in [4.69, 9.17) is 42.6 Å². The molecule has 0 aliphatic rings. The molecular formula is C22H27ClN10O10. The van der Waals surface area contributed by atoms with E-state index in [1.165, 1.54) is 48.5 Å². The first-order valence-corrected chi connectivity index (χ1v) is 12.2. The molecule has 0 aliphatic heterocycles. The van der Waals surface area contributed by atoms with E-state index >= 15 is 0 Å². The fraction of sp³-hybridized carbons (Fsp3) is 0.364. The number of carbonyl (C=O) groups excluding carboxylic acids is 2. The summed E-state index contributed by atoms with van der Waals surface area (Å²) in [6.07, 6.45) is -0.692. The molecule has 3 N–H and O–H groups in total. The number of non-ortho nitro benzene ring substituents is 2. The third-order valence-corrected chi connectivity index (χ3v) is 4.16. The Morgan fingerprint density at radius 3 is 1.65 bits per heavy atom. The zero-order valence-corrected chi connectivity index (χ0v) is 23.1. The predicted octanol–water partition coefficient (Wildman–Crippen LogP) is 4.61. The maximum Gasteiger partial charge on any atom is 0.412 e. The molecule has 0 heterocycles. The van der Waals surface area contributed by atoms with Crippen LogP contribution < -0.4 is 20.5 Å². The quantitative estimate of drug-likeness (QED) is 0.0522. The van der Waals surface area contributed by atoms with Gasteiger partial charge in [-0.1, -0.05) is 10.2 Å². The van der Waals surface area contributed by atoms with E-state index in [2.05, 4.69) is 30.1 Å². The number of carbonyl (C=O) groups is 2. The Morgan fingerprint density at radius 1 is 0.814 bits per heavy atom. The van der Waals surface area contributed by atoms with Crippen molar-refractivity contribution in [3.63, 3.8) is 0 Å². The Labute approximate surface area is 248 Å². The number of nitrogens with one attached hydrogen (secondary N) is 1. The van der Waals surface area contributed by atoms with Crippen molar-refractivity contribution < 1.29 is 38.4 Å². The lowest BCUT2D eigenvalue weighted by atomic mass is 10.3. The number of azide groups is 2. The van der Waals surface area contributed by atoms with Gasteiger partial charge in [-0.3, -0.25) is 20.2 Å². The number of nitrogens with two attached hydrogens (primary N) is 1. The molecule has 2 aromatic rings. The number of benzene rings is 2. The monoisotopic (exact) mass is 626 g/mol. The number of ether oxygens (including phenoxy) is 4. The molecule has 0 fully saturated rings. The number of halogens is 1. The molecule has 0 aromatic heterocycles. The standard InChI is InChI=1S/C11H13N5O5.C7H4ClNO4.C4H10N4O/c12-15-14-6-8-20-7-5-13-11(17)21-10-3-1-9(2-4-10)16(18)19;8-7(10)13-6-3-1-5(2-4-6)9(11)12;5-1-3-9-4-2-7-8-6/h1-4H,5-8H2,(H,13,17);1-4H;1-5H2. The summed E-state index contributed by atoms with van der Waals surface area (Å²) < 4.78 is 19.3. The van der Waals surface area contributed by atoms with E-state index in [1.54, 1.807) is 0 Å². The molecule has 0 saturated carbocycles. The highest BCUT2D eigenvalue weighted by Crippen LogP contribution is 2.18. The predicted molar refractivity (Wildman–Crippen MR) is 151 cm³/mol. The van der Waals surface area contributed by atoms with Gasteiger partial charge in [0.25, 0.3) is 11.4 Å². The van der Waals surface area contributed by atoms with Crippen LogP contribution in [-0.2, 0) is 9.47 Å². The van der Waals surface area contributed by atoms with Gasteiger partial charge in [0.2, 0.25) is 0 Å².